The lowest BCUT2D eigenvalue weighted by Gasteiger charge is -2.09. The van der Waals surface area contributed by atoms with Gasteiger partial charge in [0.25, 0.3) is 5.91 Å². The van der Waals surface area contributed by atoms with Gasteiger partial charge in [0.2, 0.25) is 0 Å². The second-order valence-corrected chi connectivity index (χ2v) is 8.61. The van der Waals surface area contributed by atoms with Crippen molar-refractivity contribution in [2.45, 2.75) is 26.8 Å². The molecule has 1 amide bonds. The molecule has 0 bridgehead atoms. The average Bonchev–Trinajstić information content (AvgIpc) is 3.20. The van der Waals surface area contributed by atoms with E-state index in [4.69, 9.17) is 12.2 Å². The van der Waals surface area contributed by atoms with Gasteiger partial charge in [-0.3, -0.25) is 9.69 Å². The highest BCUT2D eigenvalue weighted by molar-refractivity contribution is 8.26. The topological polar surface area (TPSA) is 25.2 Å². The van der Waals surface area contributed by atoms with Crippen LogP contribution in [0.2, 0.25) is 0 Å². The third-order valence-electron chi connectivity index (χ3n) is 5.14. The molecule has 0 atom stereocenters. The molecule has 0 aliphatic carbocycles. The van der Waals surface area contributed by atoms with Gasteiger partial charge in [-0.25, -0.2) is 4.39 Å². The lowest BCUT2D eigenvalue weighted by atomic mass is 10.1. The highest BCUT2D eigenvalue weighted by atomic mass is 32.2. The van der Waals surface area contributed by atoms with Crippen molar-refractivity contribution >= 4 is 51.2 Å². The van der Waals surface area contributed by atoms with Crippen LogP contribution in [0.15, 0.2) is 53.6 Å². The molecular formula is C23H21FN2OS2. The SMILES string of the molecule is CCc1cccc2c(/C=C3\SC(=S)N(CC)C3=O)cn(Cc3ccc(F)cc3)c12. The fraction of sp³-hybridized carbons (Fsp3) is 0.217. The molecule has 6 heteroatoms. The lowest BCUT2D eigenvalue weighted by Crippen LogP contribution is -2.27. The minimum Gasteiger partial charge on any atom is -0.342 e. The van der Waals surface area contributed by atoms with Crippen molar-refractivity contribution in [1.29, 1.82) is 0 Å². The molecule has 0 N–H and O–H groups in total. The maximum absolute atomic E-state index is 13.3. The summed E-state index contributed by atoms with van der Waals surface area (Å²) in [5.41, 5.74) is 4.41. The number of thiocarbonyl (C=S) groups is 1. The van der Waals surface area contributed by atoms with Gasteiger partial charge in [0.15, 0.2) is 0 Å². The van der Waals surface area contributed by atoms with Crippen LogP contribution in [0.1, 0.15) is 30.5 Å². The van der Waals surface area contributed by atoms with Gasteiger partial charge >= 0.3 is 0 Å². The first-order chi connectivity index (χ1) is 14.0. The first-order valence-electron chi connectivity index (χ1n) is 9.62. The first kappa shape index (κ1) is 19.9. The summed E-state index contributed by atoms with van der Waals surface area (Å²) in [5.74, 6) is -0.271. The van der Waals surface area contributed by atoms with Gasteiger partial charge in [0.1, 0.15) is 10.1 Å². The monoisotopic (exact) mass is 424 g/mol. The quantitative estimate of drug-likeness (QED) is 0.393. The molecule has 2 heterocycles. The summed E-state index contributed by atoms with van der Waals surface area (Å²) in [6.07, 6.45) is 4.92. The van der Waals surface area contributed by atoms with E-state index < -0.39 is 0 Å². The van der Waals surface area contributed by atoms with Crippen LogP contribution in [0, 0.1) is 5.82 Å². The van der Waals surface area contributed by atoms with Gasteiger partial charge in [-0.15, -0.1) is 0 Å². The number of hydrogen-bond donors (Lipinski definition) is 0. The predicted octanol–water partition coefficient (Wildman–Crippen LogP) is 5.61. The van der Waals surface area contributed by atoms with Crippen LogP contribution in [0.3, 0.4) is 0 Å². The van der Waals surface area contributed by atoms with Crippen LogP contribution in [0.25, 0.3) is 17.0 Å². The summed E-state index contributed by atoms with van der Waals surface area (Å²) in [7, 11) is 0. The largest absolute Gasteiger partial charge is 0.342 e. The molecule has 1 fully saturated rings. The Bertz CT molecular complexity index is 1130. The van der Waals surface area contributed by atoms with Crippen molar-refractivity contribution in [2.75, 3.05) is 6.54 Å². The van der Waals surface area contributed by atoms with Crippen LogP contribution in [0.4, 0.5) is 4.39 Å². The Morgan fingerprint density at radius 1 is 1.14 bits per heavy atom. The summed E-state index contributed by atoms with van der Waals surface area (Å²) in [6.45, 7) is 5.28. The standard InChI is InChI=1S/C23H21FN2OS2/c1-3-16-6-5-7-19-17(12-20-22(27)26(4-2)23(28)29-20)14-25(21(16)19)13-15-8-10-18(24)11-9-15/h5-12,14H,3-4,13H2,1-2H3/b20-12-. The molecule has 29 heavy (non-hydrogen) atoms. The number of amides is 1. The summed E-state index contributed by atoms with van der Waals surface area (Å²) in [4.78, 5) is 14.9. The Morgan fingerprint density at radius 3 is 2.55 bits per heavy atom. The number of carbonyl (C=O) groups is 1. The number of aromatic nitrogens is 1. The second kappa shape index (κ2) is 8.13. The highest BCUT2D eigenvalue weighted by Gasteiger charge is 2.30. The first-order valence-corrected chi connectivity index (χ1v) is 10.8. The molecule has 3 aromatic rings. The minimum atomic E-state index is -0.237. The summed E-state index contributed by atoms with van der Waals surface area (Å²) < 4.78 is 16.1. The molecule has 0 radical (unpaired) electrons. The van der Waals surface area contributed by atoms with Crippen LogP contribution in [-0.4, -0.2) is 26.2 Å². The van der Waals surface area contributed by atoms with Crippen LogP contribution in [0.5, 0.6) is 0 Å². The third-order valence-corrected chi connectivity index (χ3v) is 6.51. The number of halogens is 1. The molecule has 148 valence electrons. The number of thioether (sulfide) groups is 1. The van der Waals surface area contributed by atoms with E-state index in [1.165, 1.54) is 29.5 Å². The van der Waals surface area contributed by atoms with Gasteiger partial charge in [-0.05, 0) is 42.7 Å². The number of para-hydroxylation sites is 1. The third kappa shape index (κ3) is 3.74. The minimum absolute atomic E-state index is 0.0337. The van der Waals surface area contributed by atoms with Crippen LogP contribution in [-0.2, 0) is 17.8 Å². The Labute approximate surface area is 179 Å². The molecule has 0 saturated carbocycles. The van der Waals surface area contributed by atoms with Gasteiger partial charge in [-0.2, -0.15) is 0 Å². The zero-order valence-electron chi connectivity index (χ0n) is 16.3. The van der Waals surface area contributed by atoms with E-state index in [1.807, 2.05) is 25.1 Å². The molecule has 2 aromatic carbocycles. The Morgan fingerprint density at radius 2 is 1.90 bits per heavy atom. The number of nitrogens with zero attached hydrogens (tertiary/aromatic N) is 2. The van der Waals surface area contributed by atoms with Gasteiger partial charge in [0.05, 0.1) is 10.4 Å². The normalized spacial score (nSPS) is 15.8. The van der Waals surface area contributed by atoms with Crippen LogP contribution < -0.4 is 0 Å². The maximum atomic E-state index is 13.3. The molecule has 1 saturated heterocycles. The van der Waals surface area contributed by atoms with Crippen molar-refractivity contribution in [2.24, 2.45) is 0 Å². The molecule has 4 rings (SSSR count). The van der Waals surface area contributed by atoms with E-state index in [-0.39, 0.29) is 11.7 Å². The Kier molecular flexibility index (Phi) is 5.56. The average molecular weight is 425 g/mol. The number of likely N-dealkylation sites (N-methyl/N-ethyl adjacent to an activating group) is 1. The van der Waals surface area contributed by atoms with E-state index >= 15 is 0 Å². The number of carbonyl (C=O) groups excluding carboxylic acids is 1. The van der Waals surface area contributed by atoms with E-state index in [9.17, 15) is 9.18 Å². The van der Waals surface area contributed by atoms with Crippen molar-refractivity contribution in [3.05, 3.63) is 76.1 Å². The van der Waals surface area contributed by atoms with Crippen molar-refractivity contribution in [3.8, 4) is 0 Å². The number of rotatable bonds is 5. The zero-order valence-corrected chi connectivity index (χ0v) is 17.9. The van der Waals surface area contributed by atoms with E-state index in [0.29, 0.717) is 22.3 Å². The predicted molar refractivity (Wildman–Crippen MR) is 122 cm³/mol. The molecule has 0 spiro atoms. The molecule has 1 aliphatic heterocycles. The maximum Gasteiger partial charge on any atom is 0.266 e. The smallest absolute Gasteiger partial charge is 0.266 e. The number of benzene rings is 2. The number of hydrogen-bond acceptors (Lipinski definition) is 3. The Balaban J connectivity index is 1.81. The van der Waals surface area contributed by atoms with Crippen molar-refractivity contribution < 1.29 is 9.18 Å². The molecule has 1 aliphatic rings. The number of aryl methyl sites for hydroxylation is 1. The van der Waals surface area contributed by atoms with E-state index in [1.54, 1.807) is 4.90 Å². The Hall–Kier alpha value is -2.44. The molecular weight excluding hydrogens is 403 g/mol. The molecule has 1 aromatic heterocycles. The zero-order chi connectivity index (χ0) is 20.5. The van der Waals surface area contributed by atoms with Gasteiger partial charge in [-0.1, -0.05) is 61.2 Å². The fourth-order valence-corrected chi connectivity index (χ4v) is 5.07. The summed E-state index contributed by atoms with van der Waals surface area (Å²) >= 11 is 6.69. The van der Waals surface area contributed by atoms with Crippen molar-refractivity contribution in [3.63, 3.8) is 0 Å². The summed E-state index contributed by atoms with van der Waals surface area (Å²) in [5, 5.41) is 1.10. The lowest BCUT2D eigenvalue weighted by molar-refractivity contribution is -0.121. The van der Waals surface area contributed by atoms with Crippen LogP contribution >= 0.6 is 24.0 Å². The highest BCUT2D eigenvalue weighted by Crippen LogP contribution is 2.35. The van der Waals surface area contributed by atoms with Gasteiger partial charge in [0, 0.05) is 30.2 Å². The summed E-state index contributed by atoms with van der Waals surface area (Å²) in [6, 6.07) is 12.9. The second-order valence-electron chi connectivity index (χ2n) is 6.93. The van der Waals surface area contributed by atoms with E-state index in [0.717, 1.165) is 28.5 Å². The number of fused-ring (bicyclic) bond motifs is 1. The van der Waals surface area contributed by atoms with Crippen molar-refractivity contribution in [1.82, 2.24) is 9.47 Å². The van der Waals surface area contributed by atoms with Gasteiger partial charge < -0.3 is 4.57 Å². The molecule has 0 unspecified atom stereocenters. The molecule has 3 nitrogen and oxygen atoms in total. The fourth-order valence-electron chi connectivity index (χ4n) is 3.69. The van der Waals surface area contributed by atoms with E-state index in [2.05, 4.69) is 35.9 Å².